The molecule has 7 nitrogen and oxygen atoms in total. The van der Waals surface area contributed by atoms with Crippen molar-refractivity contribution in [2.45, 2.75) is 39.0 Å². The van der Waals surface area contributed by atoms with Crippen molar-refractivity contribution in [3.8, 4) is 11.4 Å². The molecule has 1 saturated heterocycles. The minimum atomic E-state index is -0.0807. The van der Waals surface area contributed by atoms with E-state index in [1.54, 1.807) is 10.5 Å². The first-order valence-corrected chi connectivity index (χ1v) is 10.2. The van der Waals surface area contributed by atoms with Crippen LogP contribution in [0.25, 0.3) is 22.6 Å². The molecule has 1 aliphatic rings. The molecule has 0 unspecified atom stereocenters. The first-order valence-electron chi connectivity index (χ1n) is 10.2. The van der Waals surface area contributed by atoms with Crippen LogP contribution in [-0.2, 0) is 6.42 Å². The lowest BCUT2D eigenvalue weighted by Crippen LogP contribution is -2.27. The van der Waals surface area contributed by atoms with Gasteiger partial charge in [-0.1, -0.05) is 13.0 Å². The van der Waals surface area contributed by atoms with Crippen molar-refractivity contribution in [3.05, 3.63) is 64.0 Å². The number of fused-ring (bicyclic) bond motifs is 2. The largest absolute Gasteiger partial charge is 0.317 e. The first-order chi connectivity index (χ1) is 14.1. The summed E-state index contributed by atoms with van der Waals surface area (Å²) in [5, 5.41) is 8.04. The van der Waals surface area contributed by atoms with E-state index in [4.69, 9.17) is 4.98 Å². The van der Waals surface area contributed by atoms with Gasteiger partial charge in [0.15, 0.2) is 0 Å². The molecule has 5 rings (SSSR count). The van der Waals surface area contributed by atoms with Crippen molar-refractivity contribution in [1.29, 1.82) is 0 Å². The highest BCUT2D eigenvalue weighted by molar-refractivity contribution is 5.66. The predicted molar refractivity (Wildman–Crippen MR) is 112 cm³/mol. The van der Waals surface area contributed by atoms with E-state index in [1.165, 1.54) is 5.56 Å². The summed E-state index contributed by atoms with van der Waals surface area (Å²) in [6, 6.07) is 7.59. The number of aryl methyl sites for hydroxylation is 2. The molecular formula is C22H24N6O. The van der Waals surface area contributed by atoms with Crippen LogP contribution < -0.4 is 10.9 Å². The summed E-state index contributed by atoms with van der Waals surface area (Å²) in [6.45, 7) is 6.09. The molecule has 1 aliphatic heterocycles. The molecule has 5 heterocycles. The van der Waals surface area contributed by atoms with E-state index in [0.29, 0.717) is 23.0 Å². The highest BCUT2D eigenvalue weighted by Gasteiger charge is 2.17. The third-order valence-electron chi connectivity index (χ3n) is 5.74. The fourth-order valence-electron chi connectivity index (χ4n) is 4.22. The Labute approximate surface area is 168 Å². The average molecular weight is 388 g/mol. The lowest BCUT2D eigenvalue weighted by atomic mass is 9.91. The molecule has 1 N–H and O–H groups in total. The molecule has 0 amide bonds. The number of aromatic nitrogens is 5. The second-order valence-corrected chi connectivity index (χ2v) is 7.74. The van der Waals surface area contributed by atoms with Crippen LogP contribution in [0.4, 0.5) is 0 Å². The van der Waals surface area contributed by atoms with Gasteiger partial charge in [-0.3, -0.25) is 14.2 Å². The predicted octanol–water partition coefficient (Wildman–Crippen LogP) is 2.74. The van der Waals surface area contributed by atoms with Gasteiger partial charge in [-0.15, -0.1) is 0 Å². The Hall–Kier alpha value is -3.06. The first kappa shape index (κ1) is 18.0. The molecule has 7 heteroatoms. The number of rotatable bonds is 3. The van der Waals surface area contributed by atoms with E-state index >= 15 is 0 Å². The van der Waals surface area contributed by atoms with E-state index in [0.717, 1.165) is 49.3 Å². The summed E-state index contributed by atoms with van der Waals surface area (Å²) < 4.78 is 3.49. The quantitative estimate of drug-likeness (QED) is 0.584. The minimum Gasteiger partial charge on any atom is -0.317 e. The smallest absolute Gasteiger partial charge is 0.258 e. The molecule has 1 fully saturated rings. The number of hydrogen-bond donors (Lipinski definition) is 1. The summed E-state index contributed by atoms with van der Waals surface area (Å²) in [6.07, 6.45) is 6.87. The maximum absolute atomic E-state index is 12.9. The zero-order valence-electron chi connectivity index (χ0n) is 16.7. The van der Waals surface area contributed by atoms with Gasteiger partial charge in [-0.05, 0) is 62.9 Å². The van der Waals surface area contributed by atoms with Gasteiger partial charge in [-0.2, -0.15) is 5.10 Å². The Kier molecular flexibility index (Phi) is 4.39. The Bertz CT molecular complexity index is 1270. The summed E-state index contributed by atoms with van der Waals surface area (Å²) in [5.74, 6) is 0.494. The van der Waals surface area contributed by atoms with Gasteiger partial charge in [0.1, 0.15) is 11.3 Å². The topological polar surface area (TPSA) is 76.6 Å². The van der Waals surface area contributed by atoms with Crippen LogP contribution in [0, 0.1) is 6.92 Å². The van der Waals surface area contributed by atoms with Crippen LogP contribution in [-0.4, -0.2) is 37.1 Å². The van der Waals surface area contributed by atoms with Gasteiger partial charge in [0.2, 0.25) is 0 Å². The molecule has 0 aromatic carbocycles. The molecule has 0 atom stereocenters. The second kappa shape index (κ2) is 7.08. The molecule has 0 saturated carbocycles. The van der Waals surface area contributed by atoms with E-state index in [1.807, 2.05) is 36.0 Å². The van der Waals surface area contributed by atoms with E-state index in [-0.39, 0.29) is 5.56 Å². The van der Waals surface area contributed by atoms with Gasteiger partial charge >= 0.3 is 0 Å². The number of hydrogen-bond acceptors (Lipinski definition) is 5. The maximum Gasteiger partial charge on any atom is 0.258 e. The SMILES string of the molecule is CCc1nc(C)cn2nc(-c3cc(=O)n4cc(C5CCNCC5)ccc4n3)cc12. The average Bonchev–Trinajstić information content (AvgIpc) is 3.17. The van der Waals surface area contributed by atoms with Gasteiger partial charge in [0.05, 0.1) is 28.8 Å². The maximum atomic E-state index is 12.9. The molecule has 4 aromatic heterocycles. The van der Waals surface area contributed by atoms with E-state index in [2.05, 4.69) is 28.4 Å². The zero-order chi connectivity index (χ0) is 20.0. The van der Waals surface area contributed by atoms with Gasteiger partial charge < -0.3 is 5.32 Å². The lowest BCUT2D eigenvalue weighted by Gasteiger charge is -2.23. The van der Waals surface area contributed by atoms with Gasteiger partial charge in [0, 0.05) is 12.3 Å². The monoisotopic (exact) mass is 388 g/mol. The summed E-state index contributed by atoms with van der Waals surface area (Å²) in [5.41, 5.74) is 5.92. The number of nitrogens with zero attached hydrogens (tertiary/aromatic N) is 5. The zero-order valence-corrected chi connectivity index (χ0v) is 16.7. The van der Waals surface area contributed by atoms with Crippen LogP contribution in [0.15, 0.2) is 41.5 Å². The highest BCUT2D eigenvalue weighted by atomic mass is 16.1. The van der Waals surface area contributed by atoms with Crippen LogP contribution in [0.5, 0.6) is 0 Å². The fourth-order valence-corrected chi connectivity index (χ4v) is 4.22. The summed E-state index contributed by atoms with van der Waals surface area (Å²) in [4.78, 5) is 22.2. The van der Waals surface area contributed by atoms with Crippen LogP contribution >= 0.6 is 0 Å². The Balaban J connectivity index is 1.59. The van der Waals surface area contributed by atoms with Crippen molar-refractivity contribution in [2.75, 3.05) is 13.1 Å². The van der Waals surface area contributed by atoms with Crippen LogP contribution in [0.1, 0.15) is 42.6 Å². The number of piperidine rings is 1. The molecule has 0 radical (unpaired) electrons. The Morgan fingerprint density at radius 1 is 1.10 bits per heavy atom. The molecule has 4 aromatic rings. The lowest BCUT2D eigenvalue weighted by molar-refractivity contribution is 0.459. The second-order valence-electron chi connectivity index (χ2n) is 7.74. The molecule has 0 bridgehead atoms. The van der Waals surface area contributed by atoms with Crippen LogP contribution in [0.3, 0.4) is 0 Å². The van der Waals surface area contributed by atoms with E-state index in [9.17, 15) is 4.79 Å². The minimum absolute atomic E-state index is 0.0807. The molecule has 0 aliphatic carbocycles. The summed E-state index contributed by atoms with van der Waals surface area (Å²) in [7, 11) is 0. The number of pyridine rings is 1. The van der Waals surface area contributed by atoms with Crippen molar-refractivity contribution >= 4 is 11.2 Å². The summed E-state index contributed by atoms with van der Waals surface area (Å²) >= 11 is 0. The molecule has 29 heavy (non-hydrogen) atoms. The molecule has 0 spiro atoms. The van der Waals surface area contributed by atoms with Gasteiger partial charge in [0.25, 0.3) is 5.56 Å². The van der Waals surface area contributed by atoms with E-state index < -0.39 is 0 Å². The number of nitrogens with one attached hydrogen (secondary N) is 1. The third-order valence-corrected chi connectivity index (χ3v) is 5.74. The Morgan fingerprint density at radius 3 is 2.72 bits per heavy atom. The fraction of sp³-hybridized carbons (Fsp3) is 0.364. The molecule has 148 valence electrons. The molecular weight excluding hydrogens is 364 g/mol. The van der Waals surface area contributed by atoms with Crippen molar-refractivity contribution in [2.24, 2.45) is 0 Å². The third kappa shape index (κ3) is 3.21. The highest BCUT2D eigenvalue weighted by Crippen LogP contribution is 2.25. The van der Waals surface area contributed by atoms with Gasteiger partial charge in [-0.25, -0.2) is 9.50 Å². The van der Waals surface area contributed by atoms with Crippen molar-refractivity contribution in [3.63, 3.8) is 0 Å². The van der Waals surface area contributed by atoms with Crippen molar-refractivity contribution in [1.82, 2.24) is 29.3 Å². The van der Waals surface area contributed by atoms with Crippen molar-refractivity contribution < 1.29 is 0 Å². The Morgan fingerprint density at radius 2 is 1.93 bits per heavy atom. The van der Waals surface area contributed by atoms with Crippen LogP contribution in [0.2, 0.25) is 0 Å². The standard InChI is InChI=1S/C22H24N6O/c1-3-17-20-10-19(26-28(20)12-14(2)24-17)18-11-22(29)27-13-16(4-5-21(27)25-18)15-6-8-23-9-7-15/h4-5,10-13,15,23H,3,6-9H2,1-2H3. The normalized spacial score (nSPS) is 15.4.